The molecule has 0 aliphatic heterocycles. The van der Waals surface area contributed by atoms with Gasteiger partial charge in [-0.25, -0.2) is 9.13 Å². The van der Waals surface area contributed by atoms with Gasteiger partial charge in [-0.05, 0) is 49.4 Å². The lowest BCUT2D eigenvalue weighted by Gasteiger charge is -2.21. The third-order valence-electron chi connectivity index (χ3n) is 15.3. The van der Waals surface area contributed by atoms with Crippen LogP contribution in [0, 0.1) is 23.7 Å². The number of rotatable bonds is 64. The Labute approximate surface area is 524 Å². The molecule has 0 aliphatic carbocycles. The molecule has 86 heavy (non-hydrogen) atoms. The summed E-state index contributed by atoms with van der Waals surface area (Å²) >= 11 is 0. The summed E-state index contributed by atoms with van der Waals surface area (Å²) in [6, 6.07) is 0. The summed E-state index contributed by atoms with van der Waals surface area (Å²) < 4.78 is 68.1. The normalized spacial score (nSPS) is 14.4. The highest BCUT2D eigenvalue weighted by atomic mass is 31.2. The minimum Gasteiger partial charge on any atom is -0.462 e. The second-order valence-corrected chi connectivity index (χ2v) is 29.0. The molecule has 0 aliphatic rings. The molecule has 0 heterocycles. The van der Waals surface area contributed by atoms with Crippen LogP contribution in [0.2, 0.25) is 0 Å². The highest BCUT2D eigenvalue weighted by Crippen LogP contribution is 2.45. The van der Waals surface area contributed by atoms with Crippen molar-refractivity contribution in [3.05, 3.63) is 0 Å². The van der Waals surface area contributed by atoms with Crippen molar-refractivity contribution < 1.29 is 80.2 Å². The van der Waals surface area contributed by atoms with Crippen LogP contribution >= 0.6 is 15.6 Å². The highest BCUT2D eigenvalue weighted by Gasteiger charge is 2.30. The lowest BCUT2D eigenvalue weighted by Crippen LogP contribution is -2.30. The van der Waals surface area contributed by atoms with E-state index in [1.54, 1.807) is 0 Å². The van der Waals surface area contributed by atoms with Crippen molar-refractivity contribution in [3.8, 4) is 0 Å². The van der Waals surface area contributed by atoms with E-state index in [0.717, 1.165) is 114 Å². The van der Waals surface area contributed by atoms with Crippen LogP contribution in [0.5, 0.6) is 0 Å². The van der Waals surface area contributed by atoms with E-state index in [1.165, 1.54) is 122 Å². The Morgan fingerprint density at radius 1 is 0.291 bits per heavy atom. The highest BCUT2D eigenvalue weighted by molar-refractivity contribution is 7.47. The van der Waals surface area contributed by atoms with E-state index in [9.17, 15) is 43.2 Å². The molecule has 17 nitrogen and oxygen atoms in total. The maximum atomic E-state index is 13.0. The van der Waals surface area contributed by atoms with Gasteiger partial charge in [-0.2, -0.15) is 0 Å². The molecule has 3 N–H and O–H groups in total. The zero-order valence-corrected chi connectivity index (χ0v) is 57.7. The molecule has 0 aromatic heterocycles. The van der Waals surface area contributed by atoms with E-state index < -0.39 is 97.5 Å². The molecule has 0 amide bonds. The van der Waals surface area contributed by atoms with E-state index in [4.69, 9.17) is 37.0 Å². The van der Waals surface area contributed by atoms with Crippen molar-refractivity contribution in [2.45, 2.75) is 343 Å². The number of hydrogen-bond acceptors (Lipinski definition) is 15. The predicted octanol–water partition coefficient (Wildman–Crippen LogP) is 18.5. The number of unbranched alkanes of at least 4 members (excludes halogenated alkanes) is 30. The molecule has 0 saturated carbocycles. The lowest BCUT2D eigenvalue weighted by atomic mass is 10.0. The molecule has 0 fully saturated rings. The monoisotopic (exact) mass is 1270 g/mol. The van der Waals surface area contributed by atoms with Gasteiger partial charge in [-0.3, -0.25) is 37.3 Å². The number of carbonyl (C=O) groups is 4. The molecule has 510 valence electrons. The maximum Gasteiger partial charge on any atom is 0.472 e. The second-order valence-electron chi connectivity index (χ2n) is 26.1. The first-order chi connectivity index (χ1) is 41.1. The van der Waals surface area contributed by atoms with Crippen LogP contribution in [0.4, 0.5) is 0 Å². The fourth-order valence-corrected chi connectivity index (χ4v) is 11.5. The third kappa shape index (κ3) is 60.9. The van der Waals surface area contributed by atoms with Crippen molar-refractivity contribution in [1.82, 2.24) is 0 Å². The average Bonchev–Trinajstić information content (AvgIpc) is 3.67. The maximum absolute atomic E-state index is 13.0. The van der Waals surface area contributed by atoms with Crippen LogP contribution in [0.15, 0.2) is 0 Å². The number of ether oxygens (including phenoxy) is 4. The summed E-state index contributed by atoms with van der Waals surface area (Å²) in [5.74, 6) is 0.776. The molecule has 19 heteroatoms. The summed E-state index contributed by atoms with van der Waals surface area (Å²) in [6.07, 6.45) is 37.7. The first kappa shape index (κ1) is 84.1. The molecule has 0 bridgehead atoms. The topological polar surface area (TPSA) is 237 Å². The zero-order valence-electron chi connectivity index (χ0n) is 55.9. The molecule has 0 aromatic carbocycles. The van der Waals surface area contributed by atoms with Gasteiger partial charge in [0.15, 0.2) is 12.2 Å². The van der Waals surface area contributed by atoms with Crippen LogP contribution in [0.25, 0.3) is 0 Å². The van der Waals surface area contributed by atoms with E-state index in [-0.39, 0.29) is 25.7 Å². The molecular formula is C67H130O17P2. The van der Waals surface area contributed by atoms with Gasteiger partial charge in [0.2, 0.25) is 0 Å². The molecule has 0 spiro atoms. The van der Waals surface area contributed by atoms with Crippen LogP contribution < -0.4 is 0 Å². The number of esters is 4. The largest absolute Gasteiger partial charge is 0.472 e. The van der Waals surface area contributed by atoms with Gasteiger partial charge in [-0.15, -0.1) is 0 Å². The van der Waals surface area contributed by atoms with E-state index in [2.05, 4.69) is 55.4 Å². The van der Waals surface area contributed by atoms with E-state index >= 15 is 0 Å². The first-order valence-corrected chi connectivity index (χ1v) is 37.7. The van der Waals surface area contributed by atoms with E-state index in [1.807, 2.05) is 0 Å². The van der Waals surface area contributed by atoms with Gasteiger partial charge in [0.1, 0.15) is 19.3 Å². The Bertz CT molecular complexity index is 1710. The fourth-order valence-electron chi connectivity index (χ4n) is 9.96. The Balaban J connectivity index is 5.25. The number of carbonyl (C=O) groups excluding carboxylic acids is 4. The van der Waals surface area contributed by atoms with E-state index in [0.29, 0.717) is 31.6 Å². The van der Waals surface area contributed by atoms with Gasteiger partial charge in [0.05, 0.1) is 26.4 Å². The number of aliphatic hydroxyl groups excluding tert-OH is 1. The fraction of sp³-hybridized carbons (Fsp3) is 0.940. The van der Waals surface area contributed by atoms with Crippen LogP contribution in [-0.4, -0.2) is 96.7 Å². The Morgan fingerprint density at radius 3 is 0.721 bits per heavy atom. The summed E-state index contributed by atoms with van der Waals surface area (Å²) in [7, 11) is -9.90. The molecule has 0 radical (unpaired) electrons. The van der Waals surface area contributed by atoms with Crippen molar-refractivity contribution in [3.63, 3.8) is 0 Å². The van der Waals surface area contributed by atoms with Crippen LogP contribution in [0.3, 0.4) is 0 Å². The third-order valence-corrected chi connectivity index (χ3v) is 17.2. The van der Waals surface area contributed by atoms with Crippen molar-refractivity contribution in [1.29, 1.82) is 0 Å². The predicted molar refractivity (Wildman–Crippen MR) is 344 cm³/mol. The Morgan fingerprint density at radius 2 is 0.488 bits per heavy atom. The summed E-state index contributed by atoms with van der Waals surface area (Å²) in [5, 5.41) is 10.6. The second kappa shape index (κ2) is 57.0. The van der Waals surface area contributed by atoms with Crippen molar-refractivity contribution in [2.24, 2.45) is 23.7 Å². The van der Waals surface area contributed by atoms with Crippen molar-refractivity contribution >= 4 is 39.5 Å². The number of phosphoric acid groups is 2. The summed E-state index contributed by atoms with van der Waals surface area (Å²) in [4.78, 5) is 72.4. The Hall–Kier alpha value is -1.94. The average molecular weight is 1270 g/mol. The van der Waals surface area contributed by atoms with Gasteiger partial charge >= 0.3 is 39.5 Å². The minimum absolute atomic E-state index is 0.103. The molecule has 3 unspecified atom stereocenters. The number of phosphoric ester groups is 2. The smallest absolute Gasteiger partial charge is 0.462 e. The summed E-state index contributed by atoms with van der Waals surface area (Å²) in [6.45, 7) is 14.0. The van der Waals surface area contributed by atoms with Gasteiger partial charge in [0, 0.05) is 25.7 Å². The standard InChI is InChI=1S/C67H130O17P2/c1-57(2)43-35-27-19-12-10-9-11-13-23-31-39-47-64(69)77-53-62(83-66(71)49-41-33-24-16-14-20-28-36-44-58(3)4)55-81-85(73,74)79-51-61(68)52-80-86(75,76)82-56-63(54-78-65(70)48-40-32-26-18-22-30-38-46-60(7)8)84-67(72)50-42-34-25-17-15-21-29-37-45-59(5)6/h57-63,68H,9-56H2,1-8H3,(H,73,74)(H,75,76)/t61?,62-,63-/m1/s1. The quantitative estimate of drug-likeness (QED) is 0.0222. The molecule has 5 atom stereocenters. The first-order valence-electron chi connectivity index (χ1n) is 34.7. The van der Waals surface area contributed by atoms with Gasteiger partial charge in [-0.1, -0.05) is 274 Å². The van der Waals surface area contributed by atoms with Crippen LogP contribution in [-0.2, 0) is 65.4 Å². The summed E-state index contributed by atoms with van der Waals surface area (Å²) in [5.41, 5.74) is 0. The number of hydrogen-bond donors (Lipinski definition) is 3. The van der Waals surface area contributed by atoms with Gasteiger partial charge in [0.25, 0.3) is 0 Å². The lowest BCUT2D eigenvalue weighted by molar-refractivity contribution is -0.161. The minimum atomic E-state index is -4.95. The number of aliphatic hydroxyl groups is 1. The Kier molecular flexibility index (Phi) is 55.7. The van der Waals surface area contributed by atoms with Crippen LogP contribution in [0.1, 0.15) is 325 Å². The molecule has 0 aromatic rings. The molecular weight excluding hydrogens is 1140 g/mol. The zero-order chi connectivity index (χ0) is 63.9. The van der Waals surface area contributed by atoms with Crippen molar-refractivity contribution in [2.75, 3.05) is 39.6 Å². The SMILES string of the molecule is CC(C)CCCCCCCCCCCCCC(=O)OC[C@H](COP(=O)(O)OCC(O)COP(=O)(O)OC[C@@H](COC(=O)CCCCCCCCCC(C)C)OC(=O)CCCCCCCCCCC(C)C)OC(=O)CCCCCCCCCCC(C)C. The molecule has 0 rings (SSSR count). The van der Waals surface area contributed by atoms with Gasteiger partial charge < -0.3 is 33.8 Å². The molecule has 0 saturated heterocycles.